The molecule has 15 heteroatoms. The van der Waals surface area contributed by atoms with Gasteiger partial charge < -0.3 is 9.80 Å². The van der Waals surface area contributed by atoms with Crippen LogP contribution in [0.4, 0.5) is 24.8 Å². The first-order chi connectivity index (χ1) is 19.9. The van der Waals surface area contributed by atoms with Gasteiger partial charge in [0.25, 0.3) is 5.56 Å². The molecule has 2 fully saturated rings. The van der Waals surface area contributed by atoms with Gasteiger partial charge in [-0.05, 0) is 44.4 Å². The van der Waals surface area contributed by atoms with Gasteiger partial charge in [-0.25, -0.2) is 18.2 Å². The number of likely N-dealkylation sites (tertiary alicyclic amines) is 1. The summed E-state index contributed by atoms with van der Waals surface area (Å²) in [5.74, 6) is -1.93. The maximum absolute atomic E-state index is 15.7. The molecule has 0 bridgehead atoms. The van der Waals surface area contributed by atoms with Gasteiger partial charge in [0, 0.05) is 64.3 Å². The fourth-order valence-electron chi connectivity index (χ4n) is 5.60. The minimum Gasteiger partial charge on any atom is -0.343 e. The van der Waals surface area contributed by atoms with Gasteiger partial charge in [0.2, 0.25) is 11.9 Å². The molecular formula is C27H32F3N7O4S. The lowest BCUT2D eigenvalue weighted by molar-refractivity contribution is -0.129. The van der Waals surface area contributed by atoms with E-state index in [1.165, 1.54) is 23.9 Å². The Hall–Kier alpha value is -3.72. The number of fused-ring (bicyclic) bond motifs is 1. The standard InChI is InChI=1S/C27H32F3N7O4S/c1-4-37(19-8-10-35(11-9-19)16(2)38)27-31-14-17-13-20(26(39)34(3)25(17)32-27)23-21(29)5-6-22(24(23)30)33-42(40,41)36-12-7-18(28)15-36/h5-6,13-14,18-19,33H,4,7-12,15H2,1-3H3/t18-/m1/s1. The minimum absolute atomic E-state index is 0.0180. The van der Waals surface area contributed by atoms with E-state index in [2.05, 4.69) is 14.7 Å². The zero-order chi connectivity index (χ0) is 30.3. The van der Waals surface area contributed by atoms with Crippen molar-refractivity contribution in [2.24, 2.45) is 7.05 Å². The Morgan fingerprint density at radius 2 is 1.88 bits per heavy atom. The number of piperidine rings is 1. The van der Waals surface area contributed by atoms with Crippen LogP contribution in [0.15, 0.2) is 29.2 Å². The highest BCUT2D eigenvalue weighted by atomic mass is 32.2. The molecule has 0 unspecified atom stereocenters. The molecular weight excluding hydrogens is 575 g/mol. The number of pyridine rings is 1. The average Bonchev–Trinajstić information content (AvgIpc) is 3.41. The van der Waals surface area contributed by atoms with E-state index in [0.717, 1.165) is 29.3 Å². The maximum atomic E-state index is 15.7. The average molecular weight is 608 g/mol. The summed E-state index contributed by atoms with van der Waals surface area (Å²) in [4.78, 5) is 38.0. The van der Waals surface area contributed by atoms with Crippen LogP contribution in [0.2, 0.25) is 0 Å². The van der Waals surface area contributed by atoms with E-state index < -0.39 is 44.8 Å². The first kappa shape index (κ1) is 29.8. The second kappa shape index (κ2) is 11.5. The van der Waals surface area contributed by atoms with Crippen LogP contribution >= 0.6 is 0 Å². The Labute approximate surface area is 241 Å². The largest absolute Gasteiger partial charge is 0.343 e. The molecule has 2 aliphatic heterocycles. The van der Waals surface area contributed by atoms with Crippen LogP contribution in [-0.2, 0) is 22.1 Å². The van der Waals surface area contributed by atoms with E-state index in [0.29, 0.717) is 31.0 Å². The molecule has 5 rings (SSSR count). The monoisotopic (exact) mass is 607 g/mol. The summed E-state index contributed by atoms with van der Waals surface area (Å²) in [7, 11) is -2.89. The number of halogens is 3. The SMILES string of the molecule is CCN(c1ncc2cc(-c3c(F)ccc(NS(=O)(=O)N4CC[C@@H](F)C4)c3F)c(=O)n(C)c2n1)C1CCN(C(C)=O)CC1. The number of anilines is 2. The van der Waals surface area contributed by atoms with Crippen LogP contribution in [0, 0.1) is 11.6 Å². The third kappa shape index (κ3) is 5.54. The van der Waals surface area contributed by atoms with Gasteiger partial charge >= 0.3 is 10.2 Å². The molecule has 3 aromatic rings. The number of alkyl halides is 1. The zero-order valence-corrected chi connectivity index (χ0v) is 24.3. The van der Waals surface area contributed by atoms with Crippen LogP contribution in [0.1, 0.15) is 33.1 Å². The number of aromatic nitrogens is 3. The number of hydrogen-bond acceptors (Lipinski definition) is 7. The second-order valence-electron chi connectivity index (χ2n) is 10.5. The number of carbonyl (C=O) groups excluding carboxylic acids is 1. The topological polar surface area (TPSA) is 121 Å². The van der Waals surface area contributed by atoms with Crippen molar-refractivity contribution in [3.05, 3.63) is 46.4 Å². The number of amides is 1. The summed E-state index contributed by atoms with van der Waals surface area (Å²) < 4.78 is 73.7. The highest BCUT2D eigenvalue weighted by Gasteiger charge is 2.33. The van der Waals surface area contributed by atoms with E-state index in [1.54, 1.807) is 11.8 Å². The molecule has 42 heavy (non-hydrogen) atoms. The normalized spacial score (nSPS) is 18.5. The van der Waals surface area contributed by atoms with Crippen LogP contribution in [0.3, 0.4) is 0 Å². The Morgan fingerprint density at radius 1 is 1.17 bits per heavy atom. The third-order valence-electron chi connectivity index (χ3n) is 7.92. The molecule has 1 N–H and O–H groups in total. The van der Waals surface area contributed by atoms with Gasteiger partial charge in [0.15, 0.2) is 5.82 Å². The molecule has 226 valence electrons. The van der Waals surface area contributed by atoms with E-state index in [4.69, 9.17) is 0 Å². The summed E-state index contributed by atoms with van der Waals surface area (Å²) in [6.45, 7) is 4.88. The predicted molar refractivity (Wildman–Crippen MR) is 152 cm³/mol. The van der Waals surface area contributed by atoms with Crippen LogP contribution in [0.25, 0.3) is 22.2 Å². The molecule has 0 radical (unpaired) electrons. The Kier molecular flexibility index (Phi) is 8.16. The Morgan fingerprint density at radius 3 is 2.50 bits per heavy atom. The number of rotatable bonds is 7. The van der Waals surface area contributed by atoms with Crippen molar-refractivity contribution in [2.45, 2.75) is 45.3 Å². The lowest BCUT2D eigenvalue weighted by atomic mass is 10.0. The number of aryl methyl sites for hydroxylation is 1. The summed E-state index contributed by atoms with van der Waals surface area (Å²) >= 11 is 0. The van der Waals surface area contributed by atoms with E-state index in [-0.39, 0.29) is 42.7 Å². The first-order valence-corrected chi connectivity index (χ1v) is 15.1. The summed E-state index contributed by atoms with van der Waals surface area (Å²) in [6, 6.07) is 3.13. The smallest absolute Gasteiger partial charge is 0.301 e. The van der Waals surface area contributed by atoms with Gasteiger partial charge in [0.1, 0.15) is 17.6 Å². The number of nitrogens with one attached hydrogen (secondary N) is 1. The summed E-state index contributed by atoms with van der Waals surface area (Å²) in [5, 5.41) is 0.342. The van der Waals surface area contributed by atoms with Crippen molar-refractivity contribution in [3.63, 3.8) is 0 Å². The van der Waals surface area contributed by atoms with Gasteiger partial charge in [-0.1, -0.05) is 0 Å². The van der Waals surface area contributed by atoms with Crippen LogP contribution in [-0.4, -0.2) is 83.0 Å². The zero-order valence-electron chi connectivity index (χ0n) is 23.5. The van der Waals surface area contributed by atoms with E-state index in [9.17, 15) is 22.4 Å². The minimum atomic E-state index is -4.31. The van der Waals surface area contributed by atoms with Crippen molar-refractivity contribution >= 4 is 38.8 Å². The summed E-state index contributed by atoms with van der Waals surface area (Å²) in [6.07, 6.45) is 1.62. The van der Waals surface area contributed by atoms with Gasteiger partial charge in [0.05, 0.1) is 16.8 Å². The third-order valence-corrected chi connectivity index (χ3v) is 9.41. The van der Waals surface area contributed by atoms with E-state index >= 15 is 8.78 Å². The van der Waals surface area contributed by atoms with Gasteiger partial charge in [-0.2, -0.15) is 17.7 Å². The van der Waals surface area contributed by atoms with Crippen molar-refractivity contribution < 1.29 is 26.4 Å². The number of nitrogens with zero attached hydrogens (tertiary/aromatic N) is 6. The maximum Gasteiger partial charge on any atom is 0.301 e. The number of carbonyl (C=O) groups is 1. The highest BCUT2D eigenvalue weighted by Crippen LogP contribution is 2.32. The molecule has 4 heterocycles. The molecule has 0 aliphatic carbocycles. The molecule has 2 aliphatic rings. The van der Waals surface area contributed by atoms with Gasteiger partial charge in [-0.15, -0.1) is 0 Å². The molecule has 1 aromatic carbocycles. The lowest BCUT2D eigenvalue weighted by Crippen LogP contribution is -2.46. The Bertz CT molecular complexity index is 1690. The van der Waals surface area contributed by atoms with Crippen LogP contribution < -0.4 is 15.2 Å². The second-order valence-corrected chi connectivity index (χ2v) is 12.2. The fourth-order valence-corrected chi connectivity index (χ4v) is 6.87. The quantitative estimate of drug-likeness (QED) is 0.439. The highest BCUT2D eigenvalue weighted by molar-refractivity contribution is 7.90. The number of benzene rings is 1. The molecule has 0 spiro atoms. The molecule has 2 saturated heterocycles. The molecule has 1 atom stereocenters. The Balaban J connectivity index is 1.49. The molecule has 11 nitrogen and oxygen atoms in total. The first-order valence-electron chi connectivity index (χ1n) is 13.7. The fraction of sp³-hybridized carbons (Fsp3) is 0.481. The van der Waals surface area contributed by atoms with Gasteiger partial charge in [-0.3, -0.25) is 18.9 Å². The van der Waals surface area contributed by atoms with Crippen molar-refractivity contribution in [2.75, 3.05) is 42.3 Å². The van der Waals surface area contributed by atoms with E-state index in [1.807, 2.05) is 11.8 Å². The predicted octanol–water partition coefficient (Wildman–Crippen LogP) is 2.81. The van der Waals surface area contributed by atoms with Crippen molar-refractivity contribution in [1.29, 1.82) is 0 Å². The van der Waals surface area contributed by atoms with Crippen molar-refractivity contribution in [3.8, 4) is 11.1 Å². The van der Waals surface area contributed by atoms with Crippen molar-refractivity contribution in [1.82, 2.24) is 23.7 Å². The molecule has 0 saturated carbocycles. The summed E-state index contributed by atoms with van der Waals surface area (Å²) in [5.41, 5.74) is -2.12. The number of hydrogen-bond donors (Lipinski definition) is 1. The lowest BCUT2D eigenvalue weighted by Gasteiger charge is -2.37. The molecule has 2 aromatic heterocycles. The van der Waals surface area contributed by atoms with Crippen LogP contribution in [0.5, 0.6) is 0 Å². The molecule has 1 amide bonds.